The summed E-state index contributed by atoms with van der Waals surface area (Å²) in [5, 5.41) is 4.38. The lowest BCUT2D eigenvalue weighted by atomic mass is 10.0. The smallest absolute Gasteiger partial charge is 0.0558 e. The Bertz CT molecular complexity index is 389. The van der Waals surface area contributed by atoms with E-state index < -0.39 is 0 Å². The van der Waals surface area contributed by atoms with Gasteiger partial charge < -0.3 is 5.32 Å². The molecule has 2 heterocycles. The Morgan fingerprint density at radius 2 is 2.32 bits per heavy atom. The van der Waals surface area contributed by atoms with Gasteiger partial charge in [-0.15, -0.1) is 0 Å². The topological polar surface area (TPSA) is 28.2 Å². The summed E-state index contributed by atoms with van der Waals surface area (Å²) in [4.78, 5) is 6.88. The first-order valence-corrected chi connectivity index (χ1v) is 7.61. The third kappa shape index (κ3) is 4.75. The van der Waals surface area contributed by atoms with E-state index in [9.17, 15) is 0 Å². The maximum atomic E-state index is 6.03. The summed E-state index contributed by atoms with van der Waals surface area (Å²) in [6.07, 6.45) is 5.73. The Morgan fingerprint density at radius 3 is 2.95 bits per heavy atom. The van der Waals surface area contributed by atoms with Gasteiger partial charge in [0.05, 0.1) is 5.69 Å². The van der Waals surface area contributed by atoms with Crippen LogP contribution >= 0.6 is 11.6 Å². The fraction of sp³-hybridized carbons (Fsp3) is 0.667. The number of nitrogens with one attached hydrogen (secondary N) is 1. The Balaban J connectivity index is 1.95. The highest BCUT2D eigenvalue weighted by Gasteiger charge is 2.19. The summed E-state index contributed by atoms with van der Waals surface area (Å²) in [5.74, 6) is 0. The van der Waals surface area contributed by atoms with Crippen molar-refractivity contribution in [1.29, 1.82) is 0 Å². The third-order valence-electron chi connectivity index (χ3n) is 3.74. The van der Waals surface area contributed by atoms with Crippen LogP contribution in [0.25, 0.3) is 0 Å². The zero-order valence-corrected chi connectivity index (χ0v) is 12.7. The van der Waals surface area contributed by atoms with Crippen LogP contribution in [0, 0.1) is 0 Å². The molecule has 19 heavy (non-hydrogen) atoms. The summed E-state index contributed by atoms with van der Waals surface area (Å²) in [6.45, 7) is 7.61. The van der Waals surface area contributed by atoms with Gasteiger partial charge in [0.15, 0.2) is 0 Å². The lowest BCUT2D eigenvalue weighted by Crippen LogP contribution is -2.45. The molecule has 2 rings (SSSR count). The van der Waals surface area contributed by atoms with Gasteiger partial charge in [-0.3, -0.25) is 9.88 Å². The summed E-state index contributed by atoms with van der Waals surface area (Å²) in [5.41, 5.74) is 1.05. The quantitative estimate of drug-likeness (QED) is 0.899. The second-order valence-corrected chi connectivity index (χ2v) is 6.07. The normalized spacial score (nSPS) is 20.2. The number of piperidine rings is 1. The van der Waals surface area contributed by atoms with Crippen molar-refractivity contribution in [2.24, 2.45) is 0 Å². The van der Waals surface area contributed by atoms with Crippen molar-refractivity contribution in [3.8, 4) is 0 Å². The van der Waals surface area contributed by atoms with E-state index in [4.69, 9.17) is 11.6 Å². The Labute approximate surface area is 121 Å². The molecule has 4 heteroatoms. The van der Waals surface area contributed by atoms with Crippen LogP contribution in [-0.4, -0.2) is 35.1 Å². The van der Waals surface area contributed by atoms with Crippen molar-refractivity contribution < 1.29 is 0 Å². The predicted molar refractivity (Wildman–Crippen MR) is 80.4 cm³/mol. The summed E-state index contributed by atoms with van der Waals surface area (Å²) < 4.78 is 0. The van der Waals surface area contributed by atoms with E-state index in [1.165, 1.54) is 19.3 Å². The molecule has 0 amide bonds. The van der Waals surface area contributed by atoms with Crippen LogP contribution in [0.1, 0.15) is 38.8 Å². The van der Waals surface area contributed by atoms with Crippen LogP contribution < -0.4 is 5.32 Å². The van der Waals surface area contributed by atoms with E-state index in [0.29, 0.717) is 12.1 Å². The van der Waals surface area contributed by atoms with Crippen molar-refractivity contribution >= 4 is 11.6 Å². The first kappa shape index (κ1) is 14.8. The van der Waals surface area contributed by atoms with Gasteiger partial charge in [-0.1, -0.05) is 18.0 Å². The maximum absolute atomic E-state index is 6.03. The van der Waals surface area contributed by atoms with E-state index in [1.807, 2.05) is 12.1 Å². The van der Waals surface area contributed by atoms with Gasteiger partial charge in [-0.25, -0.2) is 0 Å². The SMILES string of the molecule is CC(C)N(Cc1cc(Cl)ccn1)CC1CCCCN1. The third-order valence-corrected chi connectivity index (χ3v) is 3.98. The van der Waals surface area contributed by atoms with E-state index in [-0.39, 0.29) is 0 Å². The molecule has 1 saturated heterocycles. The van der Waals surface area contributed by atoms with Gasteiger partial charge in [0.2, 0.25) is 0 Å². The molecule has 1 fully saturated rings. The predicted octanol–water partition coefficient (Wildman–Crippen LogP) is 3.09. The molecule has 0 spiro atoms. The first-order chi connectivity index (χ1) is 9.15. The minimum Gasteiger partial charge on any atom is -0.313 e. The highest BCUT2D eigenvalue weighted by atomic mass is 35.5. The molecule has 0 aromatic carbocycles. The largest absolute Gasteiger partial charge is 0.313 e. The second-order valence-electron chi connectivity index (χ2n) is 5.64. The summed E-state index contributed by atoms with van der Waals surface area (Å²) >= 11 is 6.03. The molecule has 1 aromatic heterocycles. The average molecular weight is 282 g/mol. The van der Waals surface area contributed by atoms with E-state index in [0.717, 1.165) is 30.4 Å². The number of nitrogens with zero attached hydrogens (tertiary/aromatic N) is 2. The minimum absolute atomic E-state index is 0.518. The van der Waals surface area contributed by atoms with Crippen LogP contribution in [-0.2, 0) is 6.54 Å². The molecule has 1 atom stereocenters. The molecule has 0 bridgehead atoms. The van der Waals surface area contributed by atoms with Crippen LogP contribution in [0.3, 0.4) is 0 Å². The van der Waals surface area contributed by atoms with Crippen LogP contribution in [0.4, 0.5) is 0 Å². The van der Waals surface area contributed by atoms with Crippen LogP contribution in [0.2, 0.25) is 5.02 Å². The molecule has 0 aliphatic carbocycles. The van der Waals surface area contributed by atoms with Crippen molar-refractivity contribution in [2.45, 2.75) is 51.7 Å². The van der Waals surface area contributed by atoms with E-state index >= 15 is 0 Å². The second kappa shape index (κ2) is 7.22. The molecule has 106 valence electrons. The van der Waals surface area contributed by atoms with Crippen molar-refractivity contribution in [1.82, 2.24) is 15.2 Å². The molecule has 1 unspecified atom stereocenters. The highest BCUT2D eigenvalue weighted by molar-refractivity contribution is 6.30. The molecule has 1 aromatic rings. The number of aromatic nitrogens is 1. The molecule has 1 aliphatic heterocycles. The number of hydrogen-bond donors (Lipinski definition) is 1. The zero-order valence-electron chi connectivity index (χ0n) is 11.9. The Morgan fingerprint density at radius 1 is 1.47 bits per heavy atom. The van der Waals surface area contributed by atoms with E-state index in [2.05, 4.69) is 29.0 Å². The highest BCUT2D eigenvalue weighted by Crippen LogP contribution is 2.14. The minimum atomic E-state index is 0.518. The molecular weight excluding hydrogens is 258 g/mol. The lowest BCUT2D eigenvalue weighted by molar-refractivity contribution is 0.175. The zero-order chi connectivity index (χ0) is 13.7. The molecular formula is C15H24ClN3. The average Bonchev–Trinajstić information content (AvgIpc) is 2.39. The first-order valence-electron chi connectivity index (χ1n) is 7.23. The summed E-state index contributed by atoms with van der Waals surface area (Å²) in [6, 6.07) is 4.93. The number of pyridine rings is 1. The molecule has 0 radical (unpaired) electrons. The number of rotatable bonds is 5. The Hall–Kier alpha value is -0.640. The summed E-state index contributed by atoms with van der Waals surface area (Å²) in [7, 11) is 0. The monoisotopic (exact) mass is 281 g/mol. The standard InChI is InChI=1S/C15H24ClN3/c1-12(2)19(10-14-5-3-4-7-17-14)11-15-9-13(16)6-8-18-15/h6,8-9,12,14,17H,3-5,7,10-11H2,1-2H3. The molecule has 0 saturated carbocycles. The lowest BCUT2D eigenvalue weighted by Gasteiger charge is -2.32. The van der Waals surface area contributed by atoms with Gasteiger partial charge in [0.1, 0.15) is 0 Å². The van der Waals surface area contributed by atoms with Gasteiger partial charge >= 0.3 is 0 Å². The van der Waals surface area contributed by atoms with Gasteiger partial charge in [-0.2, -0.15) is 0 Å². The molecule has 3 nitrogen and oxygen atoms in total. The molecule has 1 N–H and O–H groups in total. The van der Waals surface area contributed by atoms with Crippen molar-refractivity contribution in [3.05, 3.63) is 29.0 Å². The van der Waals surface area contributed by atoms with Gasteiger partial charge in [-0.05, 0) is 45.4 Å². The number of hydrogen-bond acceptors (Lipinski definition) is 3. The fourth-order valence-corrected chi connectivity index (χ4v) is 2.75. The molecule has 1 aliphatic rings. The van der Waals surface area contributed by atoms with Gasteiger partial charge in [0.25, 0.3) is 0 Å². The number of halogens is 1. The van der Waals surface area contributed by atoms with Crippen LogP contribution in [0.5, 0.6) is 0 Å². The van der Waals surface area contributed by atoms with Crippen molar-refractivity contribution in [2.75, 3.05) is 13.1 Å². The Kier molecular flexibility index (Phi) is 5.61. The van der Waals surface area contributed by atoms with Crippen LogP contribution in [0.15, 0.2) is 18.3 Å². The van der Waals surface area contributed by atoms with Gasteiger partial charge in [0, 0.05) is 36.4 Å². The fourth-order valence-electron chi connectivity index (χ4n) is 2.56. The van der Waals surface area contributed by atoms with Crippen molar-refractivity contribution in [3.63, 3.8) is 0 Å². The van der Waals surface area contributed by atoms with E-state index in [1.54, 1.807) is 6.20 Å². The maximum Gasteiger partial charge on any atom is 0.0558 e.